The molecule has 1 aromatic rings. The van der Waals surface area contributed by atoms with E-state index in [9.17, 15) is 0 Å². The summed E-state index contributed by atoms with van der Waals surface area (Å²) in [6, 6.07) is 6.45. The lowest BCUT2D eigenvalue weighted by atomic mass is 10.0. The van der Waals surface area contributed by atoms with Crippen LogP contribution in [-0.4, -0.2) is 19.4 Å². The molecule has 2 N–H and O–H groups in total. The van der Waals surface area contributed by atoms with Crippen molar-refractivity contribution in [2.45, 2.75) is 25.5 Å². The maximum absolute atomic E-state index is 5.49. The Hall–Kier alpha value is -0.670. The van der Waals surface area contributed by atoms with Crippen LogP contribution in [0.25, 0.3) is 0 Å². The van der Waals surface area contributed by atoms with Crippen LogP contribution < -0.4 is 10.5 Å². The summed E-state index contributed by atoms with van der Waals surface area (Å²) >= 11 is 1.85. The molecule has 16 heavy (non-hydrogen) atoms. The quantitative estimate of drug-likeness (QED) is 0.775. The van der Waals surface area contributed by atoms with Gasteiger partial charge in [0.05, 0.1) is 7.11 Å². The second kappa shape index (κ2) is 6.81. The van der Waals surface area contributed by atoms with E-state index in [0.717, 1.165) is 23.8 Å². The molecule has 0 spiro atoms. The average Bonchev–Trinajstić information content (AvgIpc) is 2.29. The first kappa shape index (κ1) is 13.4. The molecule has 0 saturated carbocycles. The molecule has 2 nitrogen and oxygen atoms in total. The smallest absolute Gasteiger partial charge is 0.122 e. The maximum Gasteiger partial charge on any atom is 0.122 e. The van der Waals surface area contributed by atoms with Crippen molar-refractivity contribution >= 4 is 11.8 Å². The highest BCUT2D eigenvalue weighted by Crippen LogP contribution is 2.27. The van der Waals surface area contributed by atoms with Gasteiger partial charge in [0.15, 0.2) is 0 Å². The van der Waals surface area contributed by atoms with Gasteiger partial charge in [-0.3, -0.25) is 0 Å². The van der Waals surface area contributed by atoms with Gasteiger partial charge in [-0.1, -0.05) is 26.0 Å². The summed E-state index contributed by atoms with van der Waals surface area (Å²) in [4.78, 5) is 0. The second-order valence-corrected chi connectivity index (χ2v) is 5.17. The largest absolute Gasteiger partial charge is 0.496 e. The topological polar surface area (TPSA) is 35.2 Å². The molecule has 0 unspecified atom stereocenters. The lowest BCUT2D eigenvalue weighted by molar-refractivity contribution is 0.411. The zero-order valence-corrected chi connectivity index (χ0v) is 11.1. The third kappa shape index (κ3) is 3.72. The normalized spacial score (nSPS) is 10.8. The highest BCUT2D eigenvalue weighted by atomic mass is 32.2. The van der Waals surface area contributed by atoms with Gasteiger partial charge in [0.1, 0.15) is 5.75 Å². The van der Waals surface area contributed by atoms with Gasteiger partial charge >= 0.3 is 0 Å². The number of methoxy groups -OCH3 is 1. The SMILES string of the molecule is COc1ccc(C(C)C)cc1CSCCN. The Balaban J connectivity index is 2.80. The third-order valence-electron chi connectivity index (χ3n) is 2.49. The minimum Gasteiger partial charge on any atom is -0.496 e. The molecular weight excluding hydrogens is 218 g/mol. The van der Waals surface area contributed by atoms with Crippen LogP contribution in [0.15, 0.2) is 18.2 Å². The van der Waals surface area contributed by atoms with Crippen LogP contribution in [0, 0.1) is 0 Å². The van der Waals surface area contributed by atoms with Crippen molar-refractivity contribution in [2.75, 3.05) is 19.4 Å². The van der Waals surface area contributed by atoms with E-state index in [1.807, 2.05) is 11.8 Å². The van der Waals surface area contributed by atoms with Gasteiger partial charge in [0.2, 0.25) is 0 Å². The number of benzene rings is 1. The lowest BCUT2D eigenvalue weighted by Gasteiger charge is -2.12. The highest BCUT2D eigenvalue weighted by molar-refractivity contribution is 7.98. The standard InChI is InChI=1S/C13H21NOS/c1-10(2)11-4-5-13(15-3)12(8-11)9-16-7-6-14/h4-5,8,10H,6-7,9,14H2,1-3H3. The monoisotopic (exact) mass is 239 g/mol. The number of nitrogens with two attached hydrogens (primary N) is 1. The van der Waals surface area contributed by atoms with E-state index in [1.165, 1.54) is 11.1 Å². The van der Waals surface area contributed by atoms with E-state index in [0.29, 0.717) is 5.92 Å². The molecule has 0 heterocycles. The second-order valence-electron chi connectivity index (χ2n) is 4.07. The van der Waals surface area contributed by atoms with Crippen molar-refractivity contribution in [2.24, 2.45) is 5.73 Å². The van der Waals surface area contributed by atoms with Crippen molar-refractivity contribution in [3.05, 3.63) is 29.3 Å². The van der Waals surface area contributed by atoms with Crippen molar-refractivity contribution in [1.82, 2.24) is 0 Å². The molecule has 0 aliphatic heterocycles. The Kier molecular flexibility index (Phi) is 5.71. The molecule has 0 radical (unpaired) electrons. The molecule has 0 bridgehead atoms. The minimum absolute atomic E-state index is 0.559. The fourth-order valence-electron chi connectivity index (χ4n) is 1.54. The molecular formula is C13H21NOS. The van der Waals surface area contributed by atoms with E-state index in [2.05, 4.69) is 32.0 Å². The Morgan fingerprint density at radius 3 is 2.69 bits per heavy atom. The zero-order valence-electron chi connectivity index (χ0n) is 10.3. The molecule has 0 aliphatic carbocycles. The summed E-state index contributed by atoms with van der Waals surface area (Å²) in [5.74, 6) is 3.51. The number of hydrogen-bond acceptors (Lipinski definition) is 3. The van der Waals surface area contributed by atoms with E-state index >= 15 is 0 Å². The third-order valence-corrected chi connectivity index (χ3v) is 3.53. The number of hydrogen-bond donors (Lipinski definition) is 1. The van der Waals surface area contributed by atoms with Gasteiger partial charge in [-0.25, -0.2) is 0 Å². The van der Waals surface area contributed by atoms with E-state index in [4.69, 9.17) is 10.5 Å². The summed E-state index contributed by atoms with van der Waals surface area (Å²) in [5, 5.41) is 0. The summed E-state index contributed by atoms with van der Waals surface area (Å²) < 4.78 is 5.37. The van der Waals surface area contributed by atoms with Crippen LogP contribution >= 0.6 is 11.8 Å². The first-order chi connectivity index (χ1) is 7.69. The predicted molar refractivity (Wildman–Crippen MR) is 72.3 cm³/mol. The highest BCUT2D eigenvalue weighted by Gasteiger charge is 2.06. The lowest BCUT2D eigenvalue weighted by Crippen LogP contribution is -2.02. The first-order valence-electron chi connectivity index (χ1n) is 5.63. The van der Waals surface area contributed by atoms with Crippen LogP contribution in [0.2, 0.25) is 0 Å². The molecule has 0 atom stereocenters. The Morgan fingerprint density at radius 2 is 2.12 bits per heavy atom. The Morgan fingerprint density at radius 1 is 1.38 bits per heavy atom. The van der Waals surface area contributed by atoms with E-state index < -0.39 is 0 Å². The first-order valence-corrected chi connectivity index (χ1v) is 6.79. The molecule has 0 fully saturated rings. The van der Waals surface area contributed by atoms with Crippen molar-refractivity contribution < 1.29 is 4.74 Å². The molecule has 0 amide bonds. The fourth-order valence-corrected chi connectivity index (χ4v) is 2.29. The van der Waals surface area contributed by atoms with Crippen LogP contribution in [0.3, 0.4) is 0 Å². The molecule has 0 aromatic heterocycles. The summed E-state index contributed by atoms with van der Waals surface area (Å²) in [6.07, 6.45) is 0. The van der Waals surface area contributed by atoms with Gasteiger partial charge in [0, 0.05) is 23.6 Å². The Labute approximate surface area is 103 Å². The van der Waals surface area contributed by atoms with Crippen LogP contribution in [-0.2, 0) is 5.75 Å². The van der Waals surface area contributed by atoms with Gasteiger partial charge < -0.3 is 10.5 Å². The van der Waals surface area contributed by atoms with Crippen molar-refractivity contribution in [3.63, 3.8) is 0 Å². The molecule has 3 heteroatoms. The molecule has 1 rings (SSSR count). The Bertz CT molecular complexity index is 326. The van der Waals surface area contributed by atoms with Crippen LogP contribution in [0.4, 0.5) is 0 Å². The van der Waals surface area contributed by atoms with Gasteiger partial charge in [-0.2, -0.15) is 11.8 Å². The predicted octanol–water partition coefficient (Wildman–Crippen LogP) is 3.01. The summed E-state index contributed by atoms with van der Waals surface area (Å²) in [5.41, 5.74) is 8.12. The fraction of sp³-hybridized carbons (Fsp3) is 0.538. The number of ether oxygens (including phenoxy) is 1. The van der Waals surface area contributed by atoms with E-state index in [-0.39, 0.29) is 0 Å². The maximum atomic E-state index is 5.49. The van der Waals surface area contributed by atoms with Gasteiger partial charge in [-0.15, -0.1) is 0 Å². The molecule has 1 aromatic carbocycles. The number of thioether (sulfide) groups is 1. The van der Waals surface area contributed by atoms with Crippen molar-refractivity contribution in [1.29, 1.82) is 0 Å². The average molecular weight is 239 g/mol. The molecule has 0 saturated heterocycles. The zero-order chi connectivity index (χ0) is 12.0. The van der Waals surface area contributed by atoms with Gasteiger partial charge in [-0.05, 0) is 17.5 Å². The van der Waals surface area contributed by atoms with Crippen molar-refractivity contribution in [3.8, 4) is 5.75 Å². The number of rotatable bonds is 6. The van der Waals surface area contributed by atoms with Crippen LogP contribution in [0.5, 0.6) is 5.75 Å². The summed E-state index contributed by atoms with van der Waals surface area (Å²) in [6.45, 7) is 5.15. The minimum atomic E-state index is 0.559. The van der Waals surface area contributed by atoms with Gasteiger partial charge in [0.25, 0.3) is 0 Å². The molecule has 0 aliphatic rings. The summed E-state index contributed by atoms with van der Waals surface area (Å²) in [7, 11) is 1.72. The van der Waals surface area contributed by atoms with E-state index in [1.54, 1.807) is 7.11 Å². The molecule has 90 valence electrons. The van der Waals surface area contributed by atoms with Crippen LogP contribution in [0.1, 0.15) is 30.9 Å².